The van der Waals surface area contributed by atoms with Crippen LogP contribution in [-0.2, 0) is 11.3 Å². The molecular weight excluding hydrogens is 364 g/mol. The molecule has 2 fully saturated rings. The molecule has 2 unspecified atom stereocenters. The first-order valence-corrected chi connectivity index (χ1v) is 11.0. The summed E-state index contributed by atoms with van der Waals surface area (Å²) < 4.78 is 0. The predicted molar refractivity (Wildman–Crippen MR) is 118 cm³/mol. The lowest BCUT2D eigenvalue weighted by Gasteiger charge is -2.37. The molecule has 0 aromatic carbocycles. The molecule has 0 aliphatic carbocycles. The normalized spacial score (nSPS) is 23.9. The second-order valence-electron chi connectivity index (χ2n) is 8.67. The third-order valence-corrected chi connectivity index (χ3v) is 5.97. The summed E-state index contributed by atoms with van der Waals surface area (Å²) in [5.41, 5.74) is 6.60. The van der Waals surface area contributed by atoms with Crippen LogP contribution in [0.4, 0.5) is 5.82 Å². The summed E-state index contributed by atoms with van der Waals surface area (Å²) in [7, 11) is 0. The summed E-state index contributed by atoms with van der Waals surface area (Å²) >= 11 is 0. The molecule has 29 heavy (non-hydrogen) atoms. The average Bonchev–Trinajstić information content (AvgIpc) is 2.70. The second kappa shape index (κ2) is 9.94. The highest BCUT2D eigenvalue weighted by atomic mass is 16.1. The first-order valence-electron chi connectivity index (χ1n) is 11.0. The van der Waals surface area contributed by atoms with Gasteiger partial charge in [-0.15, -0.1) is 0 Å². The van der Waals surface area contributed by atoms with Gasteiger partial charge in [-0.05, 0) is 44.1 Å². The zero-order chi connectivity index (χ0) is 20.8. The van der Waals surface area contributed by atoms with Crippen molar-refractivity contribution in [1.29, 1.82) is 0 Å². The van der Waals surface area contributed by atoms with Crippen molar-refractivity contribution in [1.82, 2.24) is 15.2 Å². The molecule has 0 bridgehead atoms. The van der Waals surface area contributed by atoms with Gasteiger partial charge in [0.15, 0.2) is 5.96 Å². The van der Waals surface area contributed by atoms with E-state index < -0.39 is 0 Å². The number of carbonyl (C=O) groups is 1. The van der Waals surface area contributed by atoms with Crippen molar-refractivity contribution < 1.29 is 4.79 Å². The van der Waals surface area contributed by atoms with Crippen LogP contribution in [0.1, 0.15) is 45.6 Å². The molecule has 1 amide bonds. The number of carbonyl (C=O) groups excluding carboxylic acids is 1. The molecule has 7 nitrogen and oxygen atoms in total. The van der Waals surface area contributed by atoms with E-state index in [4.69, 9.17) is 10.7 Å². The van der Waals surface area contributed by atoms with Crippen molar-refractivity contribution in [3.05, 3.63) is 23.9 Å². The minimum absolute atomic E-state index is 0.0140. The number of nitrogens with one attached hydrogen (secondary N) is 1. The van der Waals surface area contributed by atoms with Crippen molar-refractivity contribution in [3.63, 3.8) is 0 Å². The van der Waals surface area contributed by atoms with Crippen LogP contribution in [0.2, 0.25) is 0 Å². The molecule has 2 aliphatic rings. The molecule has 3 rings (SSSR count). The van der Waals surface area contributed by atoms with E-state index in [9.17, 15) is 4.79 Å². The Labute approximate surface area is 174 Å². The number of aliphatic imine (C=N–C) groups is 1. The van der Waals surface area contributed by atoms with E-state index in [0.717, 1.165) is 62.9 Å². The number of anilines is 1. The number of hydrogen-bond acceptors (Lipinski definition) is 4. The molecule has 0 radical (unpaired) electrons. The van der Waals surface area contributed by atoms with Gasteiger partial charge >= 0.3 is 0 Å². The molecule has 2 saturated heterocycles. The molecule has 1 aromatic heterocycles. The van der Waals surface area contributed by atoms with Gasteiger partial charge in [-0.3, -0.25) is 4.79 Å². The summed E-state index contributed by atoms with van der Waals surface area (Å²) in [5, 5.41) is 3.47. The van der Waals surface area contributed by atoms with Crippen molar-refractivity contribution >= 4 is 17.7 Å². The lowest BCUT2D eigenvalue weighted by Crippen LogP contribution is -2.48. The zero-order valence-electron chi connectivity index (χ0n) is 18.1. The third kappa shape index (κ3) is 5.61. The number of pyridine rings is 1. The van der Waals surface area contributed by atoms with Crippen LogP contribution in [0, 0.1) is 17.8 Å². The van der Waals surface area contributed by atoms with Gasteiger partial charge in [-0.2, -0.15) is 0 Å². The first kappa shape index (κ1) is 21.4. The number of primary amides is 1. The number of nitrogens with zero attached hydrogens (tertiary/aromatic N) is 4. The Hall–Kier alpha value is -2.31. The van der Waals surface area contributed by atoms with Gasteiger partial charge in [0, 0.05) is 50.4 Å². The molecular formula is C22H36N6O. The lowest BCUT2D eigenvalue weighted by molar-refractivity contribution is -0.122. The van der Waals surface area contributed by atoms with Gasteiger partial charge < -0.3 is 20.9 Å². The summed E-state index contributed by atoms with van der Waals surface area (Å²) in [6.45, 7) is 11.9. The van der Waals surface area contributed by atoms with Gasteiger partial charge in [0.25, 0.3) is 0 Å². The zero-order valence-corrected chi connectivity index (χ0v) is 18.1. The van der Waals surface area contributed by atoms with Gasteiger partial charge in [-0.1, -0.05) is 19.9 Å². The Morgan fingerprint density at radius 1 is 1.28 bits per heavy atom. The SMILES string of the molecule is CCNC(=NCc1cccnc1N1CCC(C(N)=O)CC1)N1CC(C)CC(C)C1. The van der Waals surface area contributed by atoms with E-state index in [2.05, 4.69) is 46.9 Å². The van der Waals surface area contributed by atoms with Crippen molar-refractivity contribution in [3.8, 4) is 0 Å². The first-order chi connectivity index (χ1) is 14.0. The summed E-state index contributed by atoms with van der Waals surface area (Å²) in [5.74, 6) is 3.14. The van der Waals surface area contributed by atoms with Crippen LogP contribution in [0.25, 0.3) is 0 Å². The molecule has 2 atom stereocenters. The van der Waals surface area contributed by atoms with Crippen LogP contribution >= 0.6 is 0 Å². The van der Waals surface area contributed by atoms with E-state index in [0.29, 0.717) is 18.4 Å². The minimum atomic E-state index is -0.184. The molecule has 7 heteroatoms. The Balaban J connectivity index is 1.72. The molecule has 2 aliphatic heterocycles. The van der Waals surface area contributed by atoms with Crippen molar-refractivity contribution in [2.24, 2.45) is 28.5 Å². The van der Waals surface area contributed by atoms with E-state index in [-0.39, 0.29) is 11.8 Å². The van der Waals surface area contributed by atoms with E-state index in [1.54, 1.807) is 0 Å². The lowest BCUT2D eigenvalue weighted by atomic mass is 9.92. The monoisotopic (exact) mass is 400 g/mol. The third-order valence-electron chi connectivity index (χ3n) is 5.97. The standard InChI is InChI=1S/C22H36N6O/c1-4-24-22(28-14-16(2)12-17(3)15-28)26-13-19-6-5-9-25-21(19)27-10-7-18(8-11-27)20(23)29/h5-6,9,16-18H,4,7-8,10-15H2,1-3H3,(H2,23,29)(H,24,26). The smallest absolute Gasteiger partial charge is 0.220 e. The Bertz CT molecular complexity index is 703. The Morgan fingerprint density at radius 2 is 1.97 bits per heavy atom. The fraction of sp³-hybridized carbons (Fsp3) is 0.682. The Kier molecular flexibility index (Phi) is 7.34. The Morgan fingerprint density at radius 3 is 2.59 bits per heavy atom. The maximum Gasteiger partial charge on any atom is 0.220 e. The maximum absolute atomic E-state index is 11.5. The van der Waals surface area contributed by atoms with Crippen molar-refractivity contribution in [2.75, 3.05) is 37.6 Å². The molecule has 3 heterocycles. The van der Waals surface area contributed by atoms with Gasteiger partial charge in [-0.25, -0.2) is 9.98 Å². The molecule has 0 spiro atoms. The number of guanidine groups is 1. The fourth-order valence-corrected chi connectivity index (χ4v) is 4.64. The molecule has 160 valence electrons. The molecule has 0 saturated carbocycles. The van der Waals surface area contributed by atoms with E-state index in [1.807, 2.05) is 12.3 Å². The van der Waals surface area contributed by atoms with Crippen LogP contribution in [0.5, 0.6) is 0 Å². The molecule has 3 N–H and O–H groups in total. The van der Waals surface area contributed by atoms with Crippen molar-refractivity contribution in [2.45, 2.75) is 46.6 Å². The number of piperidine rings is 2. The number of nitrogens with two attached hydrogens (primary N) is 1. The quantitative estimate of drug-likeness (QED) is 0.585. The van der Waals surface area contributed by atoms with Crippen LogP contribution in [0.3, 0.4) is 0 Å². The van der Waals surface area contributed by atoms with Crippen LogP contribution < -0.4 is 16.0 Å². The topological polar surface area (TPSA) is 86.9 Å². The van der Waals surface area contributed by atoms with E-state index >= 15 is 0 Å². The predicted octanol–water partition coefficient (Wildman–Crippen LogP) is 2.23. The highest BCUT2D eigenvalue weighted by molar-refractivity contribution is 5.80. The summed E-state index contributed by atoms with van der Waals surface area (Å²) in [6, 6.07) is 4.08. The highest BCUT2D eigenvalue weighted by Gasteiger charge is 2.26. The number of rotatable bonds is 5. The fourth-order valence-electron chi connectivity index (χ4n) is 4.64. The number of hydrogen-bond donors (Lipinski definition) is 2. The van der Waals surface area contributed by atoms with Crippen LogP contribution in [0.15, 0.2) is 23.3 Å². The van der Waals surface area contributed by atoms with Gasteiger partial charge in [0.05, 0.1) is 6.54 Å². The summed E-state index contributed by atoms with van der Waals surface area (Å²) in [6.07, 6.45) is 4.70. The second-order valence-corrected chi connectivity index (χ2v) is 8.67. The molecule has 1 aromatic rings. The number of aromatic nitrogens is 1. The highest BCUT2D eigenvalue weighted by Crippen LogP contribution is 2.25. The van der Waals surface area contributed by atoms with E-state index in [1.165, 1.54) is 6.42 Å². The largest absolute Gasteiger partial charge is 0.369 e. The van der Waals surface area contributed by atoms with Gasteiger partial charge in [0.1, 0.15) is 5.82 Å². The van der Waals surface area contributed by atoms with Crippen LogP contribution in [-0.4, -0.2) is 54.5 Å². The number of amides is 1. The van der Waals surface area contributed by atoms with Gasteiger partial charge in [0.2, 0.25) is 5.91 Å². The maximum atomic E-state index is 11.5. The summed E-state index contributed by atoms with van der Waals surface area (Å²) in [4.78, 5) is 25.7. The average molecular weight is 401 g/mol. The number of likely N-dealkylation sites (tertiary alicyclic amines) is 1. The minimum Gasteiger partial charge on any atom is -0.369 e.